The number of nitrogens with zero attached hydrogens (tertiary/aromatic N) is 5. The molecule has 0 bridgehead atoms. The molecule has 2 amide bonds. The molecule has 2 aliphatic rings. The van der Waals surface area contributed by atoms with Crippen LogP contribution < -0.4 is 9.80 Å². The number of para-hydroxylation sites is 1. The Hall–Kier alpha value is -4.46. The molecule has 1 aromatic heterocycles. The van der Waals surface area contributed by atoms with E-state index < -0.39 is 20.0 Å². The summed E-state index contributed by atoms with van der Waals surface area (Å²) in [4.78, 5) is 42.0. The van der Waals surface area contributed by atoms with E-state index in [0.717, 1.165) is 44.6 Å². The van der Waals surface area contributed by atoms with Crippen molar-refractivity contribution in [1.82, 2.24) is 15.0 Å². The summed E-state index contributed by atoms with van der Waals surface area (Å²) in [5.74, 6) is -0.760. The van der Waals surface area contributed by atoms with Crippen molar-refractivity contribution in [2.45, 2.75) is 62.7 Å². The zero-order valence-electron chi connectivity index (χ0n) is 29.3. The number of carbonyl (C=O) groups is 2. The maximum Gasteiger partial charge on any atom is 0.264 e. The normalized spacial score (nSPS) is 21.8. The van der Waals surface area contributed by atoms with Gasteiger partial charge in [-0.2, -0.15) is 0 Å². The average Bonchev–Trinajstić information content (AvgIpc) is 3.80. The number of hydrogen-bond acceptors (Lipinski definition) is 7. The van der Waals surface area contributed by atoms with Crippen LogP contribution in [0.2, 0.25) is 18.6 Å². The van der Waals surface area contributed by atoms with Crippen LogP contribution in [0.1, 0.15) is 41.6 Å². The van der Waals surface area contributed by atoms with Crippen molar-refractivity contribution < 1.29 is 24.2 Å². The molecule has 1 fully saturated rings. The summed E-state index contributed by atoms with van der Waals surface area (Å²) in [6, 6.07) is 32.7. The summed E-state index contributed by atoms with van der Waals surface area (Å²) in [6.07, 6.45) is 2.74. The first-order valence-electron chi connectivity index (χ1n) is 17.5. The second-order valence-corrected chi connectivity index (χ2v) is 19.1. The SMILES string of the molecule is C[C@H]1[C@H]([Si](C)(C)O)[C@@H](CCn2cc(C(CO)c3ccccc3)nn2)O[C@]12C(=O)N(Cc1ccc(N(C=O)c3ccccc3)cc1)c1ccc(Br)cc12. The number of halogens is 1. The monoisotopic (exact) mass is 779 g/mol. The Morgan fingerprint density at radius 3 is 2.33 bits per heavy atom. The Morgan fingerprint density at radius 2 is 1.67 bits per heavy atom. The second-order valence-electron chi connectivity index (χ2n) is 14.2. The van der Waals surface area contributed by atoms with Crippen molar-refractivity contribution in [2.24, 2.45) is 5.92 Å². The van der Waals surface area contributed by atoms with Gasteiger partial charge in [-0.25, -0.2) is 0 Å². The maximum absolute atomic E-state index is 14.9. The molecule has 7 rings (SSSR count). The summed E-state index contributed by atoms with van der Waals surface area (Å²) < 4.78 is 9.61. The van der Waals surface area contributed by atoms with Crippen molar-refractivity contribution in [3.63, 3.8) is 0 Å². The zero-order valence-corrected chi connectivity index (χ0v) is 31.9. The van der Waals surface area contributed by atoms with Gasteiger partial charge < -0.3 is 19.5 Å². The Bertz CT molecular complexity index is 2040. The number of aryl methyl sites for hydroxylation is 1. The highest BCUT2D eigenvalue weighted by Gasteiger charge is 2.66. The molecule has 1 saturated heterocycles. The van der Waals surface area contributed by atoms with Crippen molar-refractivity contribution >= 4 is 53.6 Å². The lowest BCUT2D eigenvalue weighted by molar-refractivity contribution is -0.146. The van der Waals surface area contributed by atoms with Gasteiger partial charge in [-0.1, -0.05) is 88.7 Å². The highest BCUT2D eigenvalue weighted by molar-refractivity contribution is 9.10. The fourth-order valence-electron chi connectivity index (χ4n) is 8.18. The first kappa shape index (κ1) is 35.9. The van der Waals surface area contributed by atoms with Crippen LogP contribution >= 0.6 is 15.9 Å². The minimum atomic E-state index is -2.87. The second kappa shape index (κ2) is 14.5. The van der Waals surface area contributed by atoms with Gasteiger partial charge in [0.2, 0.25) is 6.41 Å². The van der Waals surface area contributed by atoms with Gasteiger partial charge in [0.25, 0.3) is 5.91 Å². The number of aliphatic hydroxyl groups excluding tert-OH is 1. The van der Waals surface area contributed by atoms with Crippen molar-refractivity contribution in [2.75, 3.05) is 16.4 Å². The number of carbonyl (C=O) groups excluding carboxylic acids is 2. The van der Waals surface area contributed by atoms with E-state index in [9.17, 15) is 19.5 Å². The molecule has 5 aromatic rings. The van der Waals surface area contributed by atoms with Crippen molar-refractivity contribution in [3.05, 3.63) is 136 Å². The summed E-state index contributed by atoms with van der Waals surface area (Å²) in [7, 11) is -2.87. The van der Waals surface area contributed by atoms with Gasteiger partial charge >= 0.3 is 0 Å². The van der Waals surface area contributed by atoms with E-state index >= 15 is 0 Å². The highest BCUT2D eigenvalue weighted by atomic mass is 79.9. The van der Waals surface area contributed by atoms with Gasteiger partial charge in [-0.3, -0.25) is 19.2 Å². The number of hydrogen-bond donors (Lipinski definition) is 2. The number of ether oxygens (including phenoxy) is 1. The Morgan fingerprint density at radius 1 is 1.00 bits per heavy atom. The summed E-state index contributed by atoms with van der Waals surface area (Å²) in [5, 5.41) is 18.9. The van der Waals surface area contributed by atoms with Gasteiger partial charge in [0.15, 0.2) is 13.9 Å². The van der Waals surface area contributed by atoms with E-state index in [0.29, 0.717) is 25.2 Å². The first-order chi connectivity index (χ1) is 25.0. The van der Waals surface area contributed by atoms with Gasteiger partial charge in [-0.05, 0) is 73.1 Å². The summed E-state index contributed by atoms with van der Waals surface area (Å²) in [5.41, 5.74) is 4.05. The van der Waals surface area contributed by atoms with E-state index in [4.69, 9.17) is 4.74 Å². The fourth-order valence-corrected chi connectivity index (χ4v) is 11.1. The molecule has 4 aromatic carbocycles. The molecule has 1 unspecified atom stereocenters. The molecule has 5 atom stereocenters. The molecule has 2 aliphatic heterocycles. The Labute approximate surface area is 312 Å². The van der Waals surface area contributed by atoms with Crippen LogP contribution in [0, 0.1) is 5.92 Å². The topological polar surface area (TPSA) is 121 Å². The first-order valence-corrected chi connectivity index (χ1v) is 21.3. The molecule has 10 nitrogen and oxygen atoms in total. The standard InChI is InChI=1S/C40H42BrN5O5Si/c1-27-38(52(2,3)50)37(20-21-44-24-35(42-43-44)33(25-47)29-10-6-4-7-11-29)51-40(27)34-22-30(41)16-19-36(34)45(39(40)49)23-28-14-17-32(18-15-28)46(26-48)31-12-8-5-9-13-31/h4-19,22,24,26-27,33,37-38,47,50H,20-21,23,25H2,1-3H3/t27-,33?,37+,38-,40+/m0/s1. The molecule has 52 heavy (non-hydrogen) atoms. The van der Waals surface area contributed by atoms with Crippen LogP contribution in [0.25, 0.3) is 0 Å². The number of aromatic nitrogens is 3. The van der Waals surface area contributed by atoms with Gasteiger partial charge in [-0.15, -0.1) is 5.10 Å². The van der Waals surface area contributed by atoms with Gasteiger partial charge in [0.1, 0.15) is 0 Å². The smallest absolute Gasteiger partial charge is 0.264 e. The minimum Gasteiger partial charge on any atom is -0.432 e. The molecular formula is C40H42BrN5O5Si. The number of rotatable bonds is 12. The minimum absolute atomic E-state index is 0.0938. The molecule has 2 N–H and O–H groups in total. The van der Waals surface area contributed by atoms with E-state index in [1.165, 1.54) is 0 Å². The van der Waals surface area contributed by atoms with Gasteiger partial charge in [0, 0.05) is 45.6 Å². The predicted octanol–water partition coefficient (Wildman–Crippen LogP) is 6.89. The van der Waals surface area contributed by atoms with Crippen molar-refractivity contribution in [1.29, 1.82) is 0 Å². The predicted molar refractivity (Wildman–Crippen MR) is 206 cm³/mol. The maximum atomic E-state index is 14.9. The molecule has 0 radical (unpaired) electrons. The van der Waals surface area contributed by atoms with Crippen molar-refractivity contribution in [3.8, 4) is 0 Å². The number of anilines is 3. The Kier molecular flexibility index (Phi) is 10.0. The van der Waals surface area contributed by atoms with E-state index in [1.54, 1.807) is 14.5 Å². The van der Waals surface area contributed by atoms with Crippen LogP contribution in [0.3, 0.4) is 0 Å². The molecule has 12 heteroatoms. The Balaban J connectivity index is 1.15. The zero-order chi connectivity index (χ0) is 36.6. The van der Waals surface area contributed by atoms with Gasteiger partial charge in [0.05, 0.1) is 36.6 Å². The summed E-state index contributed by atoms with van der Waals surface area (Å²) >= 11 is 3.64. The third kappa shape index (κ3) is 6.54. The van der Waals surface area contributed by atoms with E-state index in [2.05, 4.69) is 26.2 Å². The summed E-state index contributed by atoms with van der Waals surface area (Å²) in [6.45, 7) is 6.55. The molecule has 268 valence electrons. The lowest BCUT2D eigenvalue weighted by Gasteiger charge is -2.32. The third-order valence-electron chi connectivity index (χ3n) is 10.6. The molecule has 3 heterocycles. The average molecular weight is 781 g/mol. The lowest BCUT2D eigenvalue weighted by atomic mass is 9.82. The highest BCUT2D eigenvalue weighted by Crippen LogP contribution is 2.60. The third-order valence-corrected chi connectivity index (χ3v) is 13.6. The number of fused-ring (bicyclic) bond motifs is 2. The number of aliphatic hydroxyl groups is 1. The lowest BCUT2D eigenvalue weighted by Crippen LogP contribution is -2.46. The largest absolute Gasteiger partial charge is 0.432 e. The van der Waals surface area contributed by atoms with Crippen LogP contribution in [0.15, 0.2) is 114 Å². The van der Waals surface area contributed by atoms with Crippen LogP contribution in [0.5, 0.6) is 0 Å². The quantitative estimate of drug-likeness (QED) is 0.105. The van der Waals surface area contributed by atoms with E-state index in [-0.39, 0.29) is 29.9 Å². The number of amides is 2. The van der Waals surface area contributed by atoms with Crippen LogP contribution in [-0.2, 0) is 33.0 Å². The van der Waals surface area contributed by atoms with E-state index in [1.807, 2.05) is 129 Å². The fraction of sp³-hybridized carbons (Fsp3) is 0.300. The molecule has 0 aliphatic carbocycles. The molecule has 0 saturated carbocycles. The van der Waals surface area contributed by atoms with Crippen LogP contribution in [0.4, 0.5) is 17.1 Å². The molecular weight excluding hydrogens is 738 g/mol. The number of benzene rings is 4. The molecule has 1 spiro atoms. The van der Waals surface area contributed by atoms with Crippen LogP contribution in [-0.4, -0.2) is 58.2 Å².